The van der Waals surface area contributed by atoms with Gasteiger partial charge in [-0.1, -0.05) is 335 Å². The third-order valence-corrected chi connectivity index (χ3v) is 14.9. The van der Waals surface area contributed by atoms with Crippen molar-refractivity contribution in [3.8, 4) is 0 Å². The molecule has 70 heavy (non-hydrogen) atoms. The van der Waals surface area contributed by atoms with Gasteiger partial charge in [-0.25, -0.2) is 0 Å². The first-order valence-corrected chi connectivity index (χ1v) is 32.0. The van der Waals surface area contributed by atoms with Crippen LogP contribution in [0.4, 0.5) is 0 Å². The first-order valence-electron chi connectivity index (χ1n) is 32.0. The Balaban J connectivity index is 3.79. The summed E-state index contributed by atoms with van der Waals surface area (Å²) in [4.78, 5) is 37.8. The van der Waals surface area contributed by atoms with Crippen LogP contribution in [-0.2, 0) is 28.6 Å². The van der Waals surface area contributed by atoms with E-state index in [4.69, 9.17) is 14.2 Å². The van der Waals surface area contributed by atoms with Crippen molar-refractivity contribution in [3.05, 3.63) is 0 Å². The molecule has 1 unspecified atom stereocenters. The lowest BCUT2D eigenvalue weighted by Crippen LogP contribution is -2.30. The Hall–Kier alpha value is -1.59. The summed E-state index contributed by atoms with van der Waals surface area (Å²) in [5.74, 6) is -0.847. The number of carbonyl (C=O) groups excluding carboxylic acids is 3. The maximum Gasteiger partial charge on any atom is 0.306 e. The van der Waals surface area contributed by atoms with Gasteiger partial charge in [0.05, 0.1) is 0 Å². The van der Waals surface area contributed by atoms with E-state index in [1.54, 1.807) is 0 Å². The summed E-state index contributed by atoms with van der Waals surface area (Å²) in [7, 11) is 0. The molecule has 0 radical (unpaired) electrons. The summed E-state index contributed by atoms with van der Waals surface area (Å²) in [6, 6.07) is 0. The van der Waals surface area contributed by atoms with E-state index in [2.05, 4.69) is 20.8 Å². The molecule has 0 fully saturated rings. The van der Waals surface area contributed by atoms with Crippen molar-refractivity contribution in [1.82, 2.24) is 0 Å². The molecule has 0 spiro atoms. The maximum atomic E-state index is 12.7. The molecule has 6 heteroatoms. The summed E-state index contributed by atoms with van der Waals surface area (Å²) in [5.41, 5.74) is 0. The fraction of sp³-hybridized carbons (Fsp3) is 0.953. The van der Waals surface area contributed by atoms with Crippen molar-refractivity contribution in [2.75, 3.05) is 13.2 Å². The molecule has 416 valence electrons. The van der Waals surface area contributed by atoms with E-state index >= 15 is 0 Å². The fourth-order valence-electron chi connectivity index (χ4n) is 10.0. The summed E-state index contributed by atoms with van der Waals surface area (Å²) in [6.45, 7) is 6.65. The second-order valence-electron chi connectivity index (χ2n) is 22.1. The number of esters is 3. The van der Waals surface area contributed by atoms with E-state index in [9.17, 15) is 14.4 Å². The monoisotopic (exact) mass is 989 g/mol. The van der Waals surface area contributed by atoms with Crippen LogP contribution >= 0.6 is 0 Å². The number of hydrogen-bond acceptors (Lipinski definition) is 6. The SMILES string of the molecule is CCCCCCCCCCCCCCCCCCCCCCCCCCCCCCCCCCCCCC(=O)OCC(COC(=O)CCCCCCCCCC)OC(=O)CCCCCCCCCCC. The minimum absolute atomic E-state index is 0.0624. The molecule has 0 rings (SSSR count). The Morgan fingerprint density at radius 3 is 0.571 bits per heavy atom. The molecule has 0 aromatic carbocycles. The van der Waals surface area contributed by atoms with Crippen LogP contribution in [0.1, 0.15) is 374 Å². The van der Waals surface area contributed by atoms with Gasteiger partial charge in [-0.15, -0.1) is 0 Å². The van der Waals surface area contributed by atoms with Crippen LogP contribution in [0.15, 0.2) is 0 Å². The second-order valence-corrected chi connectivity index (χ2v) is 22.1. The first-order chi connectivity index (χ1) is 34.5. The van der Waals surface area contributed by atoms with Crippen LogP contribution in [0, 0.1) is 0 Å². The van der Waals surface area contributed by atoms with Gasteiger partial charge in [0.1, 0.15) is 13.2 Å². The van der Waals surface area contributed by atoms with Gasteiger partial charge in [0.25, 0.3) is 0 Å². The standard InChI is InChI=1S/C64H124O6/c1-4-7-10-13-16-19-20-21-22-23-24-25-26-27-28-29-30-31-32-33-34-35-36-37-38-39-40-41-42-43-44-46-48-51-54-57-63(66)69-60-61(59-68-62(65)56-53-50-47-18-15-12-9-6-3)70-64(67)58-55-52-49-45-17-14-11-8-5-2/h61H,4-60H2,1-3H3. The molecule has 0 amide bonds. The van der Waals surface area contributed by atoms with E-state index in [0.717, 1.165) is 57.8 Å². The normalized spacial score (nSPS) is 11.9. The van der Waals surface area contributed by atoms with Gasteiger partial charge in [0.2, 0.25) is 0 Å². The summed E-state index contributed by atoms with van der Waals surface area (Å²) < 4.78 is 16.8. The Morgan fingerprint density at radius 2 is 0.386 bits per heavy atom. The lowest BCUT2D eigenvalue weighted by Gasteiger charge is -2.18. The van der Waals surface area contributed by atoms with Gasteiger partial charge in [0, 0.05) is 19.3 Å². The molecule has 0 aromatic heterocycles. The lowest BCUT2D eigenvalue weighted by molar-refractivity contribution is -0.167. The highest BCUT2D eigenvalue weighted by Gasteiger charge is 2.19. The van der Waals surface area contributed by atoms with Gasteiger partial charge < -0.3 is 14.2 Å². The van der Waals surface area contributed by atoms with Crippen LogP contribution in [-0.4, -0.2) is 37.2 Å². The third-order valence-electron chi connectivity index (χ3n) is 14.9. The van der Waals surface area contributed by atoms with Crippen molar-refractivity contribution in [1.29, 1.82) is 0 Å². The number of hydrogen-bond donors (Lipinski definition) is 0. The third kappa shape index (κ3) is 57.3. The van der Waals surface area contributed by atoms with Gasteiger partial charge in [-0.2, -0.15) is 0 Å². The van der Waals surface area contributed by atoms with Crippen LogP contribution in [0.25, 0.3) is 0 Å². The van der Waals surface area contributed by atoms with E-state index < -0.39 is 6.10 Å². The highest BCUT2D eigenvalue weighted by molar-refractivity contribution is 5.71. The molecule has 0 aliphatic carbocycles. The van der Waals surface area contributed by atoms with Crippen LogP contribution in [0.5, 0.6) is 0 Å². The molecule has 0 N–H and O–H groups in total. The number of unbranched alkanes of at least 4 members (excludes halogenated alkanes) is 49. The van der Waals surface area contributed by atoms with Gasteiger partial charge >= 0.3 is 17.9 Å². The number of rotatable bonds is 60. The molecule has 0 aliphatic heterocycles. The fourth-order valence-corrected chi connectivity index (χ4v) is 10.0. The molecule has 0 bridgehead atoms. The maximum absolute atomic E-state index is 12.7. The molecule has 1 atom stereocenters. The molecule has 6 nitrogen and oxygen atoms in total. The molecular weight excluding hydrogens is 865 g/mol. The van der Waals surface area contributed by atoms with E-state index in [1.165, 1.54) is 276 Å². The molecule has 0 saturated carbocycles. The highest BCUT2D eigenvalue weighted by Crippen LogP contribution is 2.19. The second kappa shape index (κ2) is 60.0. The lowest BCUT2D eigenvalue weighted by atomic mass is 10.0. The van der Waals surface area contributed by atoms with Crippen molar-refractivity contribution in [3.63, 3.8) is 0 Å². The molecular formula is C64H124O6. The largest absolute Gasteiger partial charge is 0.462 e. The van der Waals surface area contributed by atoms with E-state index in [0.29, 0.717) is 19.3 Å². The average molecular weight is 990 g/mol. The Bertz CT molecular complexity index is 1040. The topological polar surface area (TPSA) is 78.9 Å². The predicted octanol–water partition coefficient (Wildman–Crippen LogP) is 21.5. The molecule has 0 saturated heterocycles. The molecule has 0 aromatic rings. The Labute approximate surface area is 438 Å². The van der Waals surface area contributed by atoms with Gasteiger partial charge in [-0.05, 0) is 19.3 Å². The van der Waals surface area contributed by atoms with E-state index in [1.807, 2.05) is 0 Å². The van der Waals surface area contributed by atoms with Gasteiger partial charge in [0.15, 0.2) is 6.10 Å². The first kappa shape index (κ1) is 68.4. The average Bonchev–Trinajstić information content (AvgIpc) is 3.36. The molecule has 0 aliphatic rings. The van der Waals surface area contributed by atoms with Crippen molar-refractivity contribution >= 4 is 17.9 Å². The number of ether oxygens (including phenoxy) is 3. The Morgan fingerprint density at radius 1 is 0.229 bits per heavy atom. The zero-order valence-corrected chi connectivity index (χ0v) is 47.8. The van der Waals surface area contributed by atoms with Crippen LogP contribution in [0.3, 0.4) is 0 Å². The van der Waals surface area contributed by atoms with Crippen molar-refractivity contribution < 1.29 is 28.6 Å². The van der Waals surface area contributed by atoms with Crippen LogP contribution < -0.4 is 0 Å². The van der Waals surface area contributed by atoms with E-state index in [-0.39, 0.29) is 31.1 Å². The number of carbonyl (C=O) groups is 3. The minimum atomic E-state index is -0.759. The highest BCUT2D eigenvalue weighted by atomic mass is 16.6. The van der Waals surface area contributed by atoms with Crippen molar-refractivity contribution in [2.45, 2.75) is 380 Å². The van der Waals surface area contributed by atoms with Crippen molar-refractivity contribution in [2.24, 2.45) is 0 Å². The summed E-state index contributed by atoms with van der Waals surface area (Å²) in [6.07, 6.45) is 68.9. The van der Waals surface area contributed by atoms with Gasteiger partial charge in [-0.3, -0.25) is 14.4 Å². The summed E-state index contributed by atoms with van der Waals surface area (Å²) in [5, 5.41) is 0. The zero-order valence-electron chi connectivity index (χ0n) is 47.8. The molecule has 0 heterocycles. The Kier molecular flexibility index (Phi) is 58.6. The minimum Gasteiger partial charge on any atom is -0.462 e. The van der Waals surface area contributed by atoms with Crippen LogP contribution in [0.2, 0.25) is 0 Å². The smallest absolute Gasteiger partial charge is 0.306 e. The quantitative estimate of drug-likeness (QED) is 0.0343. The zero-order chi connectivity index (χ0) is 50.7. The summed E-state index contributed by atoms with van der Waals surface area (Å²) >= 11 is 0. The predicted molar refractivity (Wildman–Crippen MR) is 303 cm³/mol.